The van der Waals surface area contributed by atoms with Crippen LogP contribution in [-0.2, 0) is 6.42 Å². The summed E-state index contributed by atoms with van der Waals surface area (Å²) in [6.07, 6.45) is 1.18. The minimum atomic E-state index is -1.03. The number of hydrogen-bond donors (Lipinski definition) is 1. The Balaban J connectivity index is 2.13. The van der Waals surface area contributed by atoms with Crippen LogP contribution < -0.4 is 5.32 Å². The fourth-order valence-electron chi connectivity index (χ4n) is 2.14. The maximum absolute atomic E-state index is 14.2. The van der Waals surface area contributed by atoms with Gasteiger partial charge in [-0.15, -0.1) is 0 Å². The molecule has 2 rings (SSSR count). The molecule has 1 N–H and O–H groups in total. The molecule has 0 aromatic heterocycles. The predicted octanol–water partition coefficient (Wildman–Crippen LogP) is 2.55. The topological polar surface area (TPSA) is 12.0 Å². The molecule has 1 saturated heterocycles. The zero-order chi connectivity index (χ0) is 10.9. The summed E-state index contributed by atoms with van der Waals surface area (Å²) >= 11 is 0. The van der Waals surface area contributed by atoms with Crippen LogP contribution in [0.2, 0.25) is 0 Å². The lowest BCUT2D eigenvalue weighted by molar-refractivity contribution is 0.190. The molecule has 0 bridgehead atoms. The van der Waals surface area contributed by atoms with Crippen LogP contribution in [0.1, 0.15) is 23.1 Å². The summed E-state index contributed by atoms with van der Waals surface area (Å²) in [7, 11) is 0. The summed E-state index contributed by atoms with van der Waals surface area (Å²) in [6.45, 7) is 5.47. The standard InChI is InChI=1S/C13H18FN/c1-10-3-4-12(7-11(10)2)8-13(14)5-6-15-9-13/h3-4,7,15H,5-6,8-9H2,1-2H3. The van der Waals surface area contributed by atoms with Gasteiger partial charge in [-0.3, -0.25) is 0 Å². The molecule has 1 fully saturated rings. The molecule has 1 atom stereocenters. The first-order valence-electron chi connectivity index (χ1n) is 5.55. The maximum Gasteiger partial charge on any atom is 0.128 e. The fraction of sp³-hybridized carbons (Fsp3) is 0.538. The molecule has 1 heterocycles. The number of hydrogen-bond acceptors (Lipinski definition) is 1. The number of aryl methyl sites for hydroxylation is 2. The van der Waals surface area contributed by atoms with Crippen LogP contribution in [0.3, 0.4) is 0 Å². The molecule has 0 amide bonds. The van der Waals surface area contributed by atoms with E-state index in [1.807, 2.05) is 6.07 Å². The van der Waals surface area contributed by atoms with Gasteiger partial charge in [-0.05, 0) is 43.5 Å². The van der Waals surface area contributed by atoms with Gasteiger partial charge < -0.3 is 5.32 Å². The van der Waals surface area contributed by atoms with Crippen molar-refractivity contribution in [2.24, 2.45) is 0 Å². The van der Waals surface area contributed by atoms with Crippen molar-refractivity contribution in [2.45, 2.75) is 32.4 Å². The average Bonchev–Trinajstić information content (AvgIpc) is 2.59. The zero-order valence-corrected chi connectivity index (χ0v) is 9.44. The van der Waals surface area contributed by atoms with Gasteiger partial charge in [0.2, 0.25) is 0 Å². The fourth-order valence-corrected chi connectivity index (χ4v) is 2.14. The van der Waals surface area contributed by atoms with Crippen LogP contribution in [-0.4, -0.2) is 18.8 Å². The van der Waals surface area contributed by atoms with Gasteiger partial charge >= 0.3 is 0 Å². The second kappa shape index (κ2) is 3.93. The Bertz CT molecular complexity index is 354. The van der Waals surface area contributed by atoms with Crippen LogP contribution in [0.5, 0.6) is 0 Å². The monoisotopic (exact) mass is 207 g/mol. The molecule has 0 saturated carbocycles. The minimum absolute atomic E-state index is 0.500. The van der Waals surface area contributed by atoms with Crippen molar-refractivity contribution in [1.82, 2.24) is 5.32 Å². The Labute approximate surface area is 90.7 Å². The Morgan fingerprint density at radius 1 is 1.33 bits per heavy atom. The second-order valence-electron chi connectivity index (χ2n) is 4.67. The molecule has 0 aliphatic carbocycles. The van der Waals surface area contributed by atoms with Crippen LogP contribution in [0.25, 0.3) is 0 Å². The summed E-state index contributed by atoms with van der Waals surface area (Å²) in [5.41, 5.74) is 2.62. The molecule has 1 unspecified atom stereocenters. The highest BCUT2D eigenvalue weighted by Crippen LogP contribution is 2.25. The molecule has 0 spiro atoms. The quantitative estimate of drug-likeness (QED) is 0.786. The van der Waals surface area contributed by atoms with Crippen molar-refractivity contribution < 1.29 is 4.39 Å². The van der Waals surface area contributed by atoms with Crippen molar-refractivity contribution in [3.63, 3.8) is 0 Å². The first kappa shape index (κ1) is 10.6. The van der Waals surface area contributed by atoms with Crippen molar-refractivity contribution in [2.75, 3.05) is 13.1 Å². The predicted molar refractivity (Wildman–Crippen MR) is 60.9 cm³/mol. The van der Waals surface area contributed by atoms with E-state index in [4.69, 9.17) is 0 Å². The Morgan fingerprint density at radius 2 is 2.13 bits per heavy atom. The van der Waals surface area contributed by atoms with Crippen molar-refractivity contribution >= 4 is 0 Å². The number of nitrogens with one attached hydrogen (secondary N) is 1. The van der Waals surface area contributed by atoms with Gasteiger partial charge in [-0.2, -0.15) is 0 Å². The SMILES string of the molecule is Cc1ccc(CC2(F)CCNC2)cc1C. The van der Waals surface area contributed by atoms with E-state index in [0.717, 1.165) is 12.1 Å². The van der Waals surface area contributed by atoms with Crippen molar-refractivity contribution in [3.05, 3.63) is 34.9 Å². The normalized spacial score (nSPS) is 25.8. The summed E-state index contributed by atoms with van der Waals surface area (Å²) in [4.78, 5) is 0. The van der Waals surface area contributed by atoms with Gasteiger partial charge in [0.1, 0.15) is 5.67 Å². The summed E-state index contributed by atoms with van der Waals surface area (Å²) < 4.78 is 14.2. The summed E-state index contributed by atoms with van der Waals surface area (Å²) in [5.74, 6) is 0. The summed E-state index contributed by atoms with van der Waals surface area (Å²) in [6, 6.07) is 6.23. The van der Waals surface area contributed by atoms with Crippen LogP contribution in [0, 0.1) is 13.8 Å². The molecule has 0 radical (unpaired) electrons. The molecule has 1 aliphatic heterocycles. The third-order valence-corrected chi connectivity index (χ3v) is 3.28. The maximum atomic E-state index is 14.2. The van der Waals surface area contributed by atoms with Crippen molar-refractivity contribution in [1.29, 1.82) is 0 Å². The van der Waals surface area contributed by atoms with Gasteiger partial charge in [0.15, 0.2) is 0 Å². The summed E-state index contributed by atoms with van der Waals surface area (Å²) in [5, 5.41) is 3.08. The molecule has 82 valence electrons. The van der Waals surface area contributed by atoms with Gasteiger partial charge in [0.25, 0.3) is 0 Å². The molecular weight excluding hydrogens is 189 g/mol. The third-order valence-electron chi connectivity index (χ3n) is 3.28. The third kappa shape index (κ3) is 2.37. The van der Waals surface area contributed by atoms with Crippen LogP contribution in [0.15, 0.2) is 18.2 Å². The second-order valence-corrected chi connectivity index (χ2v) is 4.67. The minimum Gasteiger partial charge on any atom is -0.313 e. The van der Waals surface area contributed by atoms with E-state index < -0.39 is 5.67 Å². The molecular formula is C13H18FN. The molecule has 1 nitrogen and oxygen atoms in total. The number of halogens is 1. The Hall–Kier alpha value is -0.890. The van der Waals surface area contributed by atoms with Crippen molar-refractivity contribution in [3.8, 4) is 0 Å². The largest absolute Gasteiger partial charge is 0.313 e. The number of alkyl halides is 1. The first-order chi connectivity index (χ1) is 7.09. The van der Waals surface area contributed by atoms with Gasteiger partial charge in [-0.25, -0.2) is 4.39 Å². The lowest BCUT2D eigenvalue weighted by Gasteiger charge is -2.18. The Kier molecular flexibility index (Phi) is 2.79. The van der Waals surface area contributed by atoms with E-state index in [1.165, 1.54) is 11.1 Å². The smallest absolute Gasteiger partial charge is 0.128 e. The molecule has 15 heavy (non-hydrogen) atoms. The van der Waals surface area contributed by atoms with E-state index in [-0.39, 0.29) is 0 Å². The molecule has 2 heteroatoms. The van der Waals surface area contributed by atoms with Gasteiger partial charge in [-0.1, -0.05) is 18.2 Å². The van der Waals surface area contributed by atoms with E-state index in [1.54, 1.807) is 0 Å². The highest BCUT2D eigenvalue weighted by atomic mass is 19.1. The van der Waals surface area contributed by atoms with Crippen LogP contribution >= 0.6 is 0 Å². The first-order valence-corrected chi connectivity index (χ1v) is 5.55. The Morgan fingerprint density at radius 3 is 2.73 bits per heavy atom. The average molecular weight is 207 g/mol. The zero-order valence-electron chi connectivity index (χ0n) is 9.44. The highest BCUT2D eigenvalue weighted by molar-refractivity contribution is 5.31. The van der Waals surface area contributed by atoms with E-state index in [0.29, 0.717) is 19.4 Å². The van der Waals surface area contributed by atoms with Gasteiger partial charge in [0.05, 0.1) is 0 Å². The number of benzene rings is 1. The molecule has 1 aromatic rings. The van der Waals surface area contributed by atoms with Gasteiger partial charge in [0, 0.05) is 13.0 Å². The molecule has 1 aromatic carbocycles. The molecule has 1 aliphatic rings. The van der Waals surface area contributed by atoms with Crippen LogP contribution in [0.4, 0.5) is 4.39 Å². The van der Waals surface area contributed by atoms with E-state index in [2.05, 4.69) is 31.3 Å². The number of rotatable bonds is 2. The van der Waals surface area contributed by atoms with E-state index in [9.17, 15) is 4.39 Å². The highest BCUT2D eigenvalue weighted by Gasteiger charge is 2.33. The lowest BCUT2D eigenvalue weighted by Crippen LogP contribution is -2.28. The van der Waals surface area contributed by atoms with E-state index >= 15 is 0 Å². The lowest BCUT2D eigenvalue weighted by atomic mass is 9.94.